The van der Waals surface area contributed by atoms with Crippen LogP contribution in [0, 0.1) is 0 Å². The number of thiophene rings is 1. The van der Waals surface area contributed by atoms with Gasteiger partial charge in [0.2, 0.25) is 0 Å². The Morgan fingerprint density at radius 1 is 1.27 bits per heavy atom. The van der Waals surface area contributed by atoms with Crippen molar-refractivity contribution < 1.29 is 14.8 Å². The van der Waals surface area contributed by atoms with Gasteiger partial charge >= 0.3 is 0 Å². The molecule has 2 amide bonds. The molecule has 6 heteroatoms. The first kappa shape index (κ1) is 10.1. The fourth-order valence-electron chi connectivity index (χ4n) is 1.12. The zero-order valence-electron chi connectivity index (χ0n) is 7.82. The van der Waals surface area contributed by atoms with Gasteiger partial charge in [-0.25, -0.2) is 5.48 Å². The molecule has 0 radical (unpaired) electrons. The number of carbonyl (C=O) groups excluding carboxylic acids is 2. The number of hydrogen-bond acceptors (Lipinski definition) is 4. The molecule has 1 aromatic heterocycles. The van der Waals surface area contributed by atoms with Crippen molar-refractivity contribution in [2.75, 3.05) is 0 Å². The van der Waals surface area contributed by atoms with Crippen LogP contribution in [-0.2, 0) is 0 Å². The fourth-order valence-corrected chi connectivity index (χ4v) is 1.92. The standard InChI is InChI=1S/C9H10N2O3S/c12-8(10-5-1-2-5)6-3-4-7(15-6)9(13)11-14/h3-5,14H,1-2H2,(H,10,12)(H,11,13). The zero-order valence-corrected chi connectivity index (χ0v) is 8.63. The molecule has 0 atom stereocenters. The first-order valence-electron chi connectivity index (χ1n) is 4.56. The molecule has 1 aliphatic carbocycles. The van der Waals surface area contributed by atoms with E-state index in [2.05, 4.69) is 5.32 Å². The Morgan fingerprint density at radius 2 is 1.87 bits per heavy atom. The summed E-state index contributed by atoms with van der Waals surface area (Å²) in [6.45, 7) is 0. The average Bonchev–Trinajstić information content (AvgIpc) is 2.91. The van der Waals surface area contributed by atoms with Gasteiger partial charge in [0.15, 0.2) is 0 Å². The van der Waals surface area contributed by atoms with E-state index in [9.17, 15) is 9.59 Å². The van der Waals surface area contributed by atoms with Crippen molar-refractivity contribution in [2.45, 2.75) is 18.9 Å². The van der Waals surface area contributed by atoms with Gasteiger partial charge in [0.05, 0.1) is 9.75 Å². The van der Waals surface area contributed by atoms with Gasteiger partial charge < -0.3 is 5.32 Å². The lowest BCUT2D eigenvalue weighted by Crippen LogP contribution is -2.24. The Kier molecular flexibility index (Phi) is 2.70. The van der Waals surface area contributed by atoms with E-state index < -0.39 is 5.91 Å². The normalized spacial score (nSPS) is 14.7. The van der Waals surface area contributed by atoms with Crippen LogP contribution < -0.4 is 10.8 Å². The number of carbonyl (C=O) groups is 2. The number of hydrogen-bond donors (Lipinski definition) is 3. The van der Waals surface area contributed by atoms with Crippen molar-refractivity contribution in [3.63, 3.8) is 0 Å². The molecule has 1 fully saturated rings. The van der Waals surface area contributed by atoms with Gasteiger partial charge in [-0.05, 0) is 25.0 Å². The van der Waals surface area contributed by atoms with Crippen LogP contribution in [0.25, 0.3) is 0 Å². The lowest BCUT2D eigenvalue weighted by atomic mass is 10.4. The first-order valence-corrected chi connectivity index (χ1v) is 5.37. The molecule has 1 heterocycles. The average molecular weight is 226 g/mol. The Balaban J connectivity index is 2.04. The number of amides is 2. The Morgan fingerprint density at radius 3 is 2.40 bits per heavy atom. The maximum atomic E-state index is 11.5. The first-order chi connectivity index (χ1) is 7.20. The molecule has 0 bridgehead atoms. The highest BCUT2D eigenvalue weighted by atomic mass is 32.1. The summed E-state index contributed by atoms with van der Waals surface area (Å²) in [7, 11) is 0. The Labute approximate surface area is 90.1 Å². The van der Waals surface area contributed by atoms with Gasteiger partial charge in [0, 0.05) is 6.04 Å². The summed E-state index contributed by atoms with van der Waals surface area (Å²) >= 11 is 1.06. The van der Waals surface area contributed by atoms with E-state index in [0.717, 1.165) is 24.2 Å². The van der Waals surface area contributed by atoms with Crippen molar-refractivity contribution >= 4 is 23.2 Å². The third kappa shape index (κ3) is 2.34. The second kappa shape index (κ2) is 4.00. The Hall–Kier alpha value is -1.40. The smallest absolute Gasteiger partial charge is 0.284 e. The molecule has 1 saturated carbocycles. The molecule has 2 rings (SSSR count). The van der Waals surface area contributed by atoms with E-state index in [1.54, 1.807) is 6.07 Å². The van der Waals surface area contributed by atoms with Crippen molar-refractivity contribution in [3.8, 4) is 0 Å². The summed E-state index contributed by atoms with van der Waals surface area (Å²) in [5, 5.41) is 11.2. The van der Waals surface area contributed by atoms with E-state index in [-0.39, 0.29) is 5.91 Å². The van der Waals surface area contributed by atoms with Crippen LogP contribution >= 0.6 is 11.3 Å². The van der Waals surface area contributed by atoms with Crippen molar-refractivity contribution in [1.82, 2.24) is 10.8 Å². The summed E-state index contributed by atoms with van der Waals surface area (Å²) in [5.41, 5.74) is 1.53. The maximum Gasteiger partial charge on any atom is 0.284 e. The molecule has 15 heavy (non-hydrogen) atoms. The number of rotatable bonds is 3. The minimum atomic E-state index is -0.592. The molecule has 0 aliphatic heterocycles. The van der Waals surface area contributed by atoms with Gasteiger partial charge in [-0.1, -0.05) is 0 Å². The van der Waals surface area contributed by atoms with Crippen LogP contribution in [0.3, 0.4) is 0 Å². The lowest BCUT2D eigenvalue weighted by molar-refractivity contribution is 0.0711. The quantitative estimate of drug-likeness (QED) is 0.526. The van der Waals surface area contributed by atoms with Gasteiger partial charge in [0.25, 0.3) is 11.8 Å². The highest BCUT2D eigenvalue weighted by molar-refractivity contribution is 7.15. The maximum absolute atomic E-state index is 11.5. The largest absolute Gasteiger partial charge is 0.349 e. The topological polar surface area (TPSA) is 78.4 Å². The molecule has 0 unspecified atom stereocenters. The van der Waals surface area contributed by atoms with Crippen LogP contribution in [0.5, 0.6) is 0 Å². The van der Waals surface area contributed by atoms with E-state index >= 15 is 0 Å². The predicted molar refractivity (Wildman–Crippen MR) is 54.1 cm³/mol. The third-order valence-electron chi connectivity index (χ3n) is 2.07. The molecule has 1 aliphatic rings. The molecular weight excluding hydrogens is 216 g/mol. The van der Waals surface area contributed by atoms with Crippen LogP contribution in [0.4, 0.5) is 0 Å². The van der Waals surface area contributed by atoms with Gasteiger partial charge in [-0.2, -0.15) is 0 Å². The zero-order chi connectivity index (χ0) is 10.8. The highest BCUT2D eigenvalue weighted by Crippen LogP contribution is 2.21. The summed E-state index contributed by atoms with van der Waals surface area (Å²) < 4.78 is 0. The highest BCUT2D eigenvalue weighted by Gasteiger charge is 2.24. The summed E-state index contributed by atoms with van der Waals surface area (Å²) in [6, 6.07) is 3.39. The Bertz CT molecular complexity index is 398. The molecule has 5 nitrogen and oxygen atoms in total. The molecule has 1 aromatic rings. The van der Waals surface area contributed by atoms with E-state index in [1.165, 1.54) is 11.5 Å². The van der Waals surface area contributed by atoms with Crippen LogP contribution in [0.1, 0.15) is 32.2 Å². The third-order valence-corrected chi connectivity index (χ3v) is 3.15. The molecular formula is C9H10N2O3S. The van der Waals surface area contributed by atoms with Crippen molar-refractivity contribution in [3.05, 3.63) is 21.9 Å². The fraction of sp³-hybridized carbons (Fsp3) is 0.333. The van der Waals surface area contributed by atoms with Gasteiger partial charge in [0.1, 0.15) is 0 Å². The summed E-state index contributed by atoms with van der Waals surface area (Å²) in [6.07, 6.45) is 2.06. The number of hydroxylamine groups is 1. The second-order valence-corrected chi connectivity index (χ2v) is 4.44. The summed E-state index contributed by atoms with van der Waals surface area (Å²) in [5.74, 6) is -0.745. The van der Waals surface area contributed by atoms with E-state index in [4.69, 9.17) is 5.21 Å². The minimum absolute atomic E-state index is 0.153. The lowest BCUT2D eigenvalue weighted by Gasteiger charge is -1.98. The second-order valence-electron chi connectivity index (χ2n) is 3.35. The van der Waals surface area contributed by atoms with E-state index in [1.807, 2.05) is 0 Å². The van der Waals surface area contributed by atoms with E-state index in [0.29, 0.717) is 15.8 Å². The molecule has 0 spiro atoms. The van der Waals surface area contributed by atoms with Gasteiger partial charge in [-0.15, -0.1) is 11.3 Å². The summed E-state index contributed by atoms with van der Waals surface area (Å²) in [4.78, 5) is 23.3. The monoisotopic (exact) mass is 226 g/mol. The molecule has 0 aromatic carbocycles. The van der Waals surface area contributed by atoms with Crippen molar-refractivity contribution in [1.29, 1.82) is 0 Å². The minimum Gasteiger partial charge on any atom is -0.349 e. The van der Waals surface area contributed by atoms with Crippen LogP contribution in [0.15, 0.2) is 12.1 Å². The van der Waals surface area contributed by atoms with Crippen LogP contribution in [-0.4, -0.2) is 23.1 Å². The predicted octanol–water partition coefficient (Wildman–Crippen LogP) is 0.759. The molecule has 3 N–H and O–H groups in total. The van der Waals surface area contributed by atoms with Crippen molar-refractivity contribution in [2.24, 2.45) is 0 Å². The number of nitrogens with one attached hydrogen (secondary N) is 2. The molecule has 80 valence electrons. The SMILES string of the molecule is O=C(NO)c1ccc(C(=O)NC2CC2)s1. The van der Waals surface area contributed by atoms with Crippen LogP contribution in [0.2, 0.25) is 0 Å². The van der Waals surface area contributed by atoms with Gasteiger partial charge in [-0.3, -0.25) is 14.8 Å². The molecule has 0 saturated heterocycles.